The number of carbonyl (C=O) groups is 2. The van der Waals surface area contributed by atoms with Crippen LogP contribution in [0.4, 0.5) is 0 Å². The molecule has 1 aromatic carbocycles. The van der Waals surface area contributed by atoms with Crippen molar-refractivity contribution in [3.05, 3.63) is 29.8 Å². The molecule has 2 rings (SSSR count). The van der Waals surface area contributed by atoms with E-state index < -0.39 is 0 Å². The molecule has 5 nitrogen and oxygen atoms in total. The average molecular weight is 353 g/mol. The minimum absolute atomic E-state index is 0.0728. The molecule has 0 bridgehead atoms. The Hall–Kier alpha value is -1.75. The number of benzene rings is 1. The van der Waals surface area contributed by atoms with Crippen LogP contribution in [0.15, 0.2) is 24.3 Å². The molecular weight excluding hydrogens is 328 g/mol. The summed E-state index contributed by atoms with van der Waals surface area (Å²) in [5, 5.41) is 0. The standard InChI is InChI=1S/C18H25ClN2O3/c1-15-4-6-16(7-5-15)24-14-2-3-17(22)20-10-12-21(13-11-20)18(23)8-9-19/h4-7H,2-3,8-14H2,1H3. The quantitative estimate of drug-likeness (QED) is 0.559. The van der Waals surface area contributed by atoms with Crippen molar-refractivity contribution in [3.63, 3.8) is 0 Å². The summed E-state index contributed by atoms with van der Waals surface area (Å²) < 4.78 is 5.64. The maximum atomic E-state index is 12.2. The largest absolute Gasteiger partial charge is 0.494 e. The topological polar surface area (TPSA) is 49.9 Å². The predicted molar refractivity (Wildman–Crippen MR) is 94.4 cm³/mol. The Bertz CT molecular complexity index is 540. The highest BCUT2D eigenvalue weighted by molar-refractivity contribution is 6.18. The second-order valence-corrected chi connectivity index (χ2v) is 6.34. The number of rotatable bonds is 7. The molecule has 0 unspecified atom stereocenters. The third-order valence-corrected chi connectivity index (χ3v) is 4.31. The molecule has 0 aliphatic carbocycles. The van der Waals surface area contributed by atoms with Gasteiger partial charge in [-0.15, -0.1) is 11.6 Å². The highest BCUT2D eigenvalue weighted by atomic mass is 35.5. The van der Waals surface area contributed by atoms with Crippen LogP contribution in [0.5, 0.6) is 5.75 Å². The van der Waals surface area contributed by atoms with Crippen LogP contribution in [0.2, 0.25) is 0 Å². The number of ether oxygens (including phenoxy) is 1. The molecule has 0 N–H and O–H groups in total. The van der Waals surface area contributed by atoms with Crippen LogP contribution >= 0.6 is 11.6 Å². The van der Waals surface area contributed by atoms with Crippen molar-refractivity contribution in [1.29, 1.82) is 0 Å². The van der Waals surface area contributed by atoms with Gasteiger partial charge in [-0.2, -0.15) is 0 Å². The molecule has 0 spiro atoms. The van der Waals surface area contributed by atoms with Crippen molar-refractivity contribution in [2.45, 2.75) is 26.2 Å². The third kappa shape index (κ3) is 5.71. The van der Waals surface area contributed by atoms with Crippen LogP contribution in [0, 0.1) is 6.92 Å². The Morgan fingerprint density at radius 2 is 1.54 bits per heavy atom. The molecule has 0 atom stereocenters. The van der Waals surface area contributed by atoms with Gasteiger partial charge in [0.1, 0.15) is 5.75 Å². The normalized spacial score (nSPS) is 14.6. The fourth-order valence-electron chi connectivity index (χ4n) is 2.65. The van der Waals surface area contributed by atoms with E-state index >= 15 is 0 Å². The number of alkyl halides is 1. The van der Waals surface area contributed by atoms with Gasteiger partial charge in [0.25, 0.3) is 0 Å². The van der Waals surface area contributed by atoms with Crippen molar-refractivity contribution in [1.82, 2.24) is 9.80 Å². The number of hydrogen-bond acceptors (Lipinski definition) is 3. The molecule has 0 aromatic heterocycles. The van der Waals surface area contributed by atoms with Crippen LogP contribution in [-0.4, -0.2) is 60.3 Å². The van der Waals surface area contributed by atoms with Crippen LogP contribution in [0.3, 0.4) is 0 Å². The highest BCUT2D eigenvalue weighted by Crippen LogP contribution is 2.12. The first-order chi connectivity index (χ1) is 11.6. The number of piperazine rings is 1. The van der Waals surface area contributed by atoms with Crippen LogP contribution in [0.25, 0.3) is 0 Å². The molecule has 132 valence electrons. The molecule has 1 aliphatic heterocycles. The lowest BCUT2D eigenvalue weighted by Crippen LogP contribution is -2.50. The number of aryl methyl sites for hydroxylation is 1. The molecule has 1 aromatic rings. The fourth-order valence-corrected chi connectivity index (χ4v) is 2.81. The number of nitrogens with zero attached hydrogens (tertiary/aromatic N) is 2. The van der Waals surface area contributed by atoms with E-state index in [-0.39, 0.29) is 11.8 Å². The van der Waals surface area contributed by atoms with Gasteiger partial charge in [0.2, 0.25) is 11.8 Å². The zero-order valence-corrected chi connectivity index (χ0v) is 14.9. The molecule has 6 heteroatoms. The summed E-state index contributed by atoms with van der Waals surface area (Å²) in [4.78, 5) is 27.6. The predicted octanol–water partition coefficient (Wildman–Crippen LogP) is 2.45. The molecule has 0 radical (unpaired) electrons. The van der Waals surface area contributed by atoms with Gasteiger partial charge >= 0.3 is 0 Å². The molecule has 24 heavy (non-hydrogen) atoms. The second kappa shape index (κ2) is 9.52. The number of carbonyl (C=O) groups excluding carboxylic acids is 2. The number of halogens is 1. The molecule has 1 heterocycles. The van der Waals surface area contributed by atoms with Crippen LogP contribution < -0.4 is 4.74 Å². The van der Waals surface area contributed by atoms with Crippen molar-refractivity contribution in [3.8, 4) is 5.75 Å². The fraction of sp³-hybridized carbons (Fsp3) is 0.556. The summed E-state index contributed by atoms with van der Waals surface area (Å²) >= 11 is 5.59. The third-order valence-electron chi connectivity index (χ3n) is 4.12. The summed E-state index contributed by atoms with van der Waals surface area (Å²) in [6.45, 7) is 4.97. The Morgan fingerprint density at radius 3 is 2.08 bits per heavy atom. The Labute approximate surface area is 148 Å². The molecule has 1 aliphatic rings. The lowest BCUT2D eigenvalue weighted by atomic mass is 10.2. The van der Waals surface area contributed by atoms with Gasteiger partial charge in [0.05, 0.1) is 6.61 Å². The van der Waals surface area contributed by atoms with E-state index in [2.05, 4.69) is 0 Å². The molecule has 2 amide bonds. The summed E-state index contributed by atoms with van der Waals surface area (Å²) in [5.41, 5.74) is 1.20. The van der Waals surface area contributed by atoms with E-state index in [0.29, 0.717) is 57.9 Å². The summed E-state index contributed by atoms with van der Waals surface area (Å²) in [5.74, 6) is 1.38. The van der Waals surface area contributed by atoms with Gasteiger partial charge in [0, 0.05) is 44.9 Å². The molecule has 1 saturated heterocycles. The van der Waals surface area contributed by atoms with E-state index in [0.717, 1.165) is 5.75 Å². The summed E-state index contributed by atoms with van der Waals surface area (Å²) in [7, 11) is 0. The van der Waals surface area contributed by atoms with Crippen molar-refractivity contribution < 1.29 is 14.3 Å². The first-order valence-electron chi connectivity index (χ1n) is 8.41. The van der Waals surface area contributed by atoms with Gasteiger partial charge in [-0.05, 0) is 25.5 Å². The molecular formula is C18H25ClN2O3. The Balaban J connectivity index is 1.63. The van der Waals surface area contributed by atoms with E-state index in [1.165, 1.54) is 5.56 Å². The van der Waals surface area contributed by atoms with Gasteiger partial charge in [0.15, 0.2) is 0 Å². The van der Waals surface area contributed by atoms with E-state index in [1.54, 1.807) is 4.90 Å². The summed E-state index contributed by atoms with van der Waals surface area (Å²) in [6, 6.07) is 7.89. The van der Waals surface area contributed by atoms with Gasteiger partial charge in [-0.3, -0.25) is 9.59 Å². The molecule has 1 fully saturated rings. The van der Waals surface area contributed by atoms with Gasteiger partial charge in [-0.25, -0.2) is 0 Å². The molecule has 0 saturated carbocycles. The van der Waals surface area contributed by atoms with Crippen molar-refractivity contribution in [2.24, 2.45) is 0 Å². The Morgan fingerprint density at radius 1 is 1.00 bits per heavy atom. The van der Waals surface area contributed by atoms with Gasteiger partial charge in [-0.1, -0.05) is 17.7 Å². The van der Waals surface area contributed by atoms with Crippen molar-refractivity contribution >= 4 is 23.4 Å². The summed E-state index contributed by atoms with van der Waals surface area (Å²) in [6.07, 6.45) is 1.53. The SMILES string of the molecule is Cc1ccc(OCCCC(=O)N2CCN(C(=O)CCCl)CC2)cc1. The van der Waals surface area contributed by atoms with E-state index in [4.69, 9.17) is 16.3 Å². The second-order valence-electron chi connectivity index (χ2n) is 5.97. The monoisotopic (exact) mass is 352 g/mol. The lowest BCUT2D eigenvalue weighted by molar-refractivity contribution is -0.139. The van der Waals surface area contributed by atoms with Crippen LogP contribution in [-0.2, 0) is 9.59 Å². The van der Waals surface area contributed by atoms with Crippen LogP contribution in [0.1, 0.15) is 24.8 Å². The van der Waals surface area contributed by atoms with E-state index in [9.17, 15) is 9.59 Å². The Kier molecular flexibility index (Phi) is 7.37. The van der Waals surface area contributed by atoms with Gasteiger partial charge < -0.3 is 14.5 Å². The zero-order valence-electron chi connectivity index (χ0n) is 14.2. The minimum Gasteiger partial charge on any atom is -0.494 e. The maximum absolute atomic E-state index is 12.2. The smallest absolute Gasteiger partial charge is 0.223 e. The minimum atomic E-state index is 0.0728. The van der Waals surface area contributed by atoms with E-state index in [1.807, 2.05) is 36.1 Å². The first kappa shape index (κ1) is 18.6. The average Bonchev–Trinajstić information content (AvgIpc) is 2.60. The van der Waals surface area contributed by atoms with Crippen molar-refractivity contribution in [2.75, 3.05) is 38.7 Å². The highest BCUT2D eigenvalue weighted by Gasteiger charge is 2.23. The maximum Gasteiger partial charge on any atom is 0.223 e. The zero-order chi connectivity index (χ0) is 17.4. The number of amides is 2. The lowest BCUT2D eigenvalue weighted by Gasteiger charge is -2.34. The number of hydrogen-bond donors (Lipinski definition) is 0. The first-order valence-corrected chi connectivity index (χ1v) is 8.94.